The van der Waals surface area contributed by atoms with Crippen LogP contribution < -0.4 is 15.6 Å². The van der Waals surface area contributed by atoms with Crippen LogP contribution in [0.3, 0.4) is 0 Å². The van der Waals surface area contributed by atoms with Gasteiger partial charge in [0.1, 0.15) is 0 Å². The van der Waals surface area contributed by atoms with Gasteiger partial charge in [-0.15, -0.1) is 0 Å². The molecule has 8 heteroatoms. The maximum absolute atomic E-state index is 10.1. The molecule has 0 bridgehead atoms. The van der Waals surface area contributed by atoms with Crippen molar-refractivity contribution >= 4 is 11.9 Å². The van der Waals surface area contributed by atoms with Gasteiger partial charge in [0.05, 0.1) is 11.9 Å². The normalized spacial score (nSPS) is 7.82. The number of carboxylic acids is 2. The average molecular weight is 355 g/mol. The third-order valence-electron chi connectivity index (χ3n) is 2.02. The third kappa shape index (κ3) is 10.2. The van der Waals surface area contributed by atoms with E-state index in [2.05, 4.69) is 0 Å². The molecule has 0 spiro atoms. The van der Waals surface area contributed by atoms with Gasteiger partial charge < -0.3 is 19.8 Å². The maximum atomic E-state index is 10.1. The summed E-state index contributed by atoms with van der Waals surface area (Å²) in [5.41, 5.74) is 0.440. The number of nitrogens with one attached hydrogen (secondary N) is 1. The van der Waals surface area contributed by atoms with Crippen LogP contribution in [0.15, 0.2) is 60.7 Å². The zero-order valence-electron chi connectivity index (χ0n) is 11.4. The van der Waals surface area contributed by atoms with E-state index in [4.69, 9.17) is 10.1 Å². The Morgan fingerprint density at radius 1 is 0.727 bits per heavy atom. The molecule has 2 rings (SSSR count). The number of carbonyl (C=O) groups excluding carboxylic acids is 2. The van der Waals surface area contributed by atoms with Crippen LogP contribution in [0.2, 0.25) is 0 Å². The number of benzene rings is 2. The first-order valence-corrected chi connectivity index (χ1v) is 5.55. The number of hydrogen-bond acceptors (Lipinski definition) is 6. The zero-order chi connectivity index (χ0) is 16.1. The predicted octanol–water partition coefficient (Wildman–Crippen LogP) is -1.57. The van der Waals surface area contributed by atoms with Gasteiger partial charge in [-0.2, -0.15) is 0 Å². The topological polar surface area (TPSA) is 134 Å². The Morgan fingerprint density at radius 3 is 1.09 bits per heavy atom. The van der Waals surface area contributed by atoms with E-state index in [1.807, 2.05) is 0 Å². The maximum Gasteiger partial charge on any atom is 2.00 e. The monoisotopic (exact) mass is 353 g/mol. The minimum absolute atomic E-state index is 0. The van der Waals surface area contributed by atoms with Crippen LogP contribution in [0.4, 0.5) is 0 Å². The summed E-state index contributed by atoms with van der Waals surface area (Å²) in [6, 6.07) is 16.1. The summed E-state index contributed by atoms with van der Waals surface area (Å²) in [5, 5.41) is 28.6. The molecule has 0 fully saturated rings. The van der Waals surface area contributed by atoms with E-state index >= 15 is 0 Å². The van der Waals surface area contributed by atoms with Gasteiger partial charge in [0.2, 0.25) is 0 Å². The predicted molar refractivity (Wildman–Crippen MR) is 69.2 cm³/mol. The third-order valence-corrected chi connectivity index (χ3v) is 2.02. The number of carbonyl (C=O) groups is 2. The molecule has 2 aromatic rings. The second-order valence-corrected chi connectivity index (χ2v) is 3.39. The van der Waals surface area contributed by atoms with Crippen molar-refractivity contribution in [2.75, 3.05) is 0 Å². The first-order chi connectivity index (χ1) is 10.0. The Kier molecular flexibility index (Phi) is 13.2. The van der Waals surface area contributed by atoms with E-state index in [0.29, 0.717) is 0 Å². The van der Waals surface area contributed by atoms with E-state index in [9.17, 15) is 19.8 Å². The molecule has 0 unspecified atom stereocenters. The van der Waals surface area contributed by atoms with Gasteiger partial charge in [0.25, 0.3) is 0 Å². The fraction of sp³-hybridized carbons (Fsp3) is 0. The van der Waals surface area contributed by atoms with Gasteiger partial charge in [-0.1, -0.05) is 60.7 Å². The van der Waals surface area contributed by atoms with Crippen molar-refractivity contribution in [1.29, 1.82) is 0 Å². The molecular weight excluding hydrogens is 344 g/mol. The van der Waals surface area contributed by atoms with Crippen LogP contribution in [0, 0.1) is 10.1 Å². The zero-order valence-corrected chi connectivity index (χ0v) is 14.4. The fourth-order valence-corrected chi connectivity index (χ4v) is 1.15. The summed E-state index contributed by atoms with van der Waals surface area (Å²) in [5.74, 6) is -2.26. The van der Waals surface area contributed by atoms with Crippen LogP contribution in [0.25, 0.3) is 0 Å². The van der Waals surface area contributed by atoms with Crippen molar-refractivity contribution < 1.29 is 44.6 Å². The van der Waals surface area contributed by atoms with Gasteiger partial charge in [-0.25, -0.2) is 0 Å². The Hall–Kier alpha value is -2.60. The quantitative estimate of drug-likeness (QED) is 0.393. The number of carboxylic acid groups (broad SMARTS) is 2. The molecular formula is C14H11NO6Zn. The van der Waals surface area contributed by atoms with E-state index in [1.54, 1.807) is 36.4 Å². The Labute approximate surface area is 138 Å². The molecule has 0 radical (unpaired) electrons. The Bertz CT molecular complexity index is 513. The molecule has 7 nitrogen and oxygen atoms in total. The van der Waals surface area contributed by atoms with Crippen LogP contribution in [-0.4, -0.2) is 11.9 Å². The SMILES string of the molecule is O=C([O-])c1ccccc1.O=C([O-])c1ccccc1.O=[NH+][O-].[Zn+2]. The second kappa shape index (κ2) is 13.4. The van der Waals surface area contributed by atoms with Crippen LogP contribution >= 0.6 is 0 Å². The minimum atomic E-state index is -1.13. The molecule has 110 valence electrons. The second-order valence-electron chi connectivity index (χ2n) is 3.39. The molecule has 0 amide bonds. The standard InChI is InChI=1S/2C7H6O2.HNO2.Zn/c2*8-7(9)6-4-2-1-3-5-6;2-1-3;/h2*1-5H,(H,8,9);1H;/q;;;+2/p-2. The van der Waals surface area contributed by atoms with Gasteiger partial charge in [-0.05, 0) is 11.1 Å². The molecule has 0 aliphatic heterocycles. The van der Waals surface area contributed by atoms with Crippen LogP contribution in [0.1, 0.15) is 20.7 Å². The number of aromatic carboxylic acids is 2. The molecule has 0 saturated carbocycles. The van der Waals surface area contributed by atoms with Crippen molar-refractivity contribution in [3.05, 3.63) is 81.9 Å². The minimum Gasteiger partial charge on any atom is -0.545 e. The number of hydrogen-bond donors (Lipinski definition) is 1. The first kappa shape index (κ1) is 21.7. The molecule has 0 aromatic heterocycles. The largest absolute Gasteiger partial charge is 2.00 e. The summed E-state index contributed by atoms with van der Waals surface area (Å²) in [7, 11) is 0. The first-order valence-electron chi connectivity index (χ1n) is 5.55. The van der Waals surface area contributed by atoms with Gasteiger partial charge in [-0.3, -0.25) is 10.1 Å². The fourth-order valence-electron chi connectivity index (χ4n) is 1.15. The molecule has 0 atom stereocenters. The van der Waals surface area contributed by atoms with Crippen molar-refractivity contribution in [2.45, 2.75) is 0 Å². The van der Waals surface area contributed by atoms with Crippen molar-refractivity contribution in [3.63, 3.8) is 0 Å². The smallest absolute Gasteiger partial charge is 0.545 e. The molecule has 22 heavy (non-hydrogen) atoms. The summed E-state index contributed by atoms with van der Waals surface area (Å²) < 4.78 is 0. The average Bonchev–Trinajstić information content (AvgIpc) is 2.50. The van der Waals surface area contributed by atoms with E-state index in [0.717, 1.165) is 0 Å². The van der Waals surface area contributed by atoms with Gasteiger partial charge in [0, 0.05) is 5.34 Å². The van der Waals surface area contributed by atoms with Crippen molar-refractivity contribution in [1.82, 2.24) is 0 Å². The van der Waals surface area contributed by atoms with E-state index in [-0.39, 0.29) is 35.9 Å². The number of rotatable bonds is 2. The Balaban J connectivity index is 0. The van der Waals surface area contributed by atoms with Crippen molar-refractivity contribution in [2.24, 2.45) is 0 Å². The summed E-state index contributed by atoms with van der Waals surface area (Å²) in [6.07, 6.45) is 0. The Morgan fingerprint density at radius 2 is 0.955 bits per heavy atom. The molecule has 0 aliphatic rings. The van der Waals surface area contributed by atoms with Crippen LogP contribution in [-0.2, 0) is 19.5 Å². The molecule has 0 saturated heterocycles. The molecule has 2 aromatic carbocycles. The van der Waals surface area contributed by atoms with Gasteiger partial charge >= 0.3 is 19.5 Å². The summed E-state index contributed by atoms with van der Waals surface area (Å²) >= 11 is 0. The molecule has 0 heterocycles. The molecule has 0 aliphatic carbocycles. The van der Waals surface area contributed by atoms with E-state index < -0.39 is 11.9 Å². The van der Waals surface area contributed by atoms with Crippen molar-refractivity contribution in [3.8, 4) is 0 Å². The summed E-state index contributed by atoms with van der Waals surface area (Å²) in [4.78, 5) is 28.3. The van der Waals surface area contributed by atoms with Gasteiger partial charge in [0.15, 0.2) is 0 Å². The molecule has 1 N–H and O–H groups in total. The van der Waals surface area contributed by atoms with E-state index in [1.165, 1.54) is 24.3 Å². The van der Waals surface area contributed by atoms with Crippen LogP contribution in [0.5, 0.6) is 0 Å². The summed E-state index contributed by atoms with van der Waals surface area (Å²) in [6.45, 7) is 0.